The zero-order valence-corrected chi connectivity index (χ0v) is 18.9. The molecule has 2 rings (SSSR count). The van der Waals surface area contributed by atoms with Crippen LogP contribution in [0.1, 0.15) is 39.5 Å². The summed E-state index contributed by atoms with van der Waals surface area (Å²) in [5, 5.41) is 0. The van der Waals surface area contributed by atoms with Crippen LogP contribution in [0, 0.1) is 0 Å². The summed E-state index contributed by atoms with van der Waals surface area (Å²) in [6.07, 6.45) is 13.7. The molecule has 140 valence electrons. The third-order valence-corrected chi connectivity index (χ3v) is 3.47. The SMILES string of the molecule is CCCCN1C=CN(C)C1.CCCCN1C=CN(C)C1.[Al+3].[Cl-].[Cl-].[Cl-]. The number of hydrogen-bond acceptors (Lipinski definition) is 4. The molecule has 0 aromatic heterocycles. The summed E-state index contributed by atoms with van der Waals surface area (Å²) in [7, 11) is 4.20. The van der Waals surface area contributed by atoms with Gasteiger partial charge in [0, 0.05) is 52.0 Å². The number of hydrogen-bond donors (Lipinski definition) is 0. The van der Waals surface area contributed by atoms with Crippen molar-refractivity contribution in [2.45, 2.75) is 39.5 Å². The minimum atomic E-state index is 0. The first-order valence-corrected chi connectivity index (χ1v) is 7.91. The molecule has 2 heterocycles. The van der Waals surface area contributed by atoms with E-state index in [1.807, 2.05) is 0 Å². The van der Waals surface area contributed by atoms with Crippen molar-refractivity contribution in [1.82, 2.24) is 19.6 Å². The number of halogens is 3. The second-order valence-corrected chi connectivity index (χ2v) is 5.72. The summed E-state index contributed by atoms with van der Waals surface area (Å²) in [4.78, 5) is 9.05. The van der Waals surface area contributed by atoms with Crippen LogP contribution < -0.4 is 37.2 Å². The van der Waals surface area contributed by atoms with Gasteiger partial charge in [-0.25, -0.2) is 0 Å². The molecule has 0 amide bonds. The fourth-order valence-electron chi connectivity index (χ4n) is 2.19. The van der Waals surface area contributed by atoms with Gasteiger partial charge in [0.05, 0.1) is 13.3 Å². The van der Waals surface area contributed by atoms with Crippen molar-refractivity contribution in [2.75, 3.05) is 40.5 Å². The van der Waals surface area contributed by atoms with E-state index >= 15 is 0 Å². The molecule has 4 nitrogen and oxygen atoms in total. The van der Waals surface area contributed by atoms with Crippen LogP contribution in [0.15, 0.2) is 24.8 Å². The fourth-order valence-corrected chi connectivity index (χ4v) is 2.19. The second kappa shape index (κ2) is 19.4. The van der Waals surface area contributed by atoms with E-state index in [2.05, 4.69) is 72.3 Å². The van der Waals surface area contributed by atoms with Crippen LogP contribution in [0.2, 0.25) is 0 Å². The van der Waals surface area contributed by atoms with Crippen LogP contribution in [0.25, 0.3) is 0 Å². The van der Waals surface area contributed by atoms with Crippen LogP contribution >= 0.6 is 0 Å². The van der Waals surface area contributed by atoms with Crippen molar-refractivity contribution in [1.29, 1.82) is 0 Å². The van der Waals surface area contributed by atoms with Crippen LogP contribution in [0.5, 0.6) is 0 Å². The van der Waals surface area contributed by atoms with Gasteiger partial charge in [-0.05, 0) is 12.8 Å². The third-order valence-electron chi connectivity index (χ3n) is 3.47. The standard InChI is InChI=1S/2C8H16N2.Al.3ClH/c2*1-3-4-5-10-7-6-9(2)8-10;;;;/h2*6-7H,3-5,8H2,1-2H3;;3*1H/q;;+3;;;/p-3. The zero-order chi connectivity index (χ0) is 14.8. The van der Waals surface area contributed by atoms with Gasteiger partial charge in [-0.3, -0.25) is 0 Å². The Morgan fingerprint density at radius 2 is 1.00 bits per heavy atom. The van der Waals surface area contributed by atoms with Gasteiger partial charge in [0.25, 0.3) is 0 Å². The minimum Gasteiger partial charge on any atom is -1.00 e. The Bertz CT molecular complexity index is 290. The summed E-state index contributed by atoms with van der Waals surface area (Å²) in [5.41, 5.74) is 0. The molecule has 0 spiro atoms. The van der Waals surface area contributed by atoms with Gasteiger partial charge < -0.3 is 56.8 Å². The Morgan fingerprint density at radius 1 is 0.667 bits per heavy atom. The monoisotopic (exact) mass is 412 g/mol. The van der Waals surface area contributed by atoms with Gasteiger partial charge in [0.15, 0.2) is 0 Å². The predicted molar refractivity (Wildman–Crippen MR) is 92.5 cm³/mol. The first kappa shape index (κ1) is 31.8. The maximum atomic E-state index is 2.34. The largest absolute Gasteiger partial charge is 3.00 e. The Labute approximate surface area is 178 Å². The smallest absolute Gasteiger partial charge is 1.00 e. The van der Waals surface area contributed by atoms with Gasteiger partial charge in [0.1, 0.15) is 0 Å². The first-order chi connectivity index (χ1) is 9.65. The molecule has 0 aromatic carbocycles. The van der Waals surface area contributed by atoms with E-state index < -0.39 is 0 Å². The molecule has 0 unspecified atom stereocenters. The average molecular weight is 414 g/mol. The van der Waals surface area contributed by atoms with E-state index in [9.17, 15) is 0 Å². The van der Waals surface area contributed by atoms with E-state index in [4.69, 9.17) is 0 Å². The van der Waals surface area contributed by atoms with Crippen molar-refractivity contribution >= 4 is 17.4 Å². The molecule has 2 aliphatic heterocycles. The van der Waals surface area contributed by atoms with E-state index in [-0.39, 0.29) is 54.6 Å². The molecule has 0 saturated carbocycles. The number of rotatable bonds is 6. The molecule has 0 N–H and O–H groups in total. The van der Waals surface area contributed by atoms with Crippen molar-refractivity contribution in [3.63, 3.8) is 0 Å². The van der Waals surface area contributed by atoms with Crippen LogP contribution in [-0.4, -0.2) is 77.5 Å². The van der Waals surface area contributed by atoms with Gasteiger partial charge in [-0.1, -0.05) is 26.7 Å². The van der Waals surface area contributed by atoms with Gasteiger partial charge >= 0.3 is 17.4 Å². The van der Waals surface area contributed by atoms with Crippen molar-refractivity contribution in [3.8, 4) is 0 Å². The maximum absolute atomic E-state index is 2.34. The van der Waals surface area contributed by atoms with Crippen molar-refractivity contribution in [2.24, 2.45) is 0 Å². The normalized spacial score (nSPS) is 14.2. The molecule has 24 heavy (non-hydrogen) atoms. The Morgan fingerprint density at radius 3 is 1.21 bits per heavy atom. The van der Waals surface area contributed by atoms with E-state index in [0.29, 0.717) is 0 Å². The predicted octanol–water partition coefficient (Wildman–Crippen LogP) is -6.44. The van der Waals surface area contributed by atoms with Crippen LogP contribution in [0.4, 0.5) is 0 Å². The van der Waals surface area contributed by atoms with Crippen LogP contribution in [0.3, 0.4) is 0 Å². The van der Waals surface area contributed by atoms with E-state index in [1.165, 1.54) is 38.8 Å². The van der Waals surface area contributed by atoms with Crippen LogP contribution in [-0.2, 0) is 0 Å². The van der Waals surface area contributed by atoms with Crippen molar-refractivity contribution in [3.05, 3.63) is 24.8 Å². The minimum absolute atomic E-state index is 0. The number of unbranched alkanes of at least 4 members (excludes halogenated alkanes) is 2. The topological polar surface area (TPSA) is 13.0 Å². The molecule has 0 aliphatic carbocycles. The average Bonchev–Trinajstić information content (AvgIpc) is 3.03. The Balaban J connectivity index is -0.000000143. The summed E-state index contributed by atoms with van der Waals surface area (Å²) >= 11 is 0. The molecule has 8 heteroatoms. The first-order valence-electron chi connectivity index (χ1n) is 7.91. The van der Waals surface area contributed by atoms with E-state index in [1.54, 1.807) is 0 Å². The Kier molecular flexibility index (Phi) is 25.7. The van der Waals surface area contributed by atoms with Crippen molar-refractivity contribution < 1.29 is 37.2 Å². The molecule has 0 aromatic rings. The molecule has 2 aliphatic rings. The third kappa shape index (κ3) is 14.4. The zero-order valence-electron chi connectivity index (χ0n) is 15.5. The molecule has 0 bridgehead atoms. The number of nitrogens with zero attached hydrogens (tertiary/aromatic N) is 4. The molecule has 0 atom stereocenters. The van der Waals surface area contributed by atoms with E-state index in [0.717, 1.165) is 13.3 Å². The van der Waals surface area contributed by atoms with Gasteiger partial charge in [-0.2, -0.15) is 0 Å². The van der Waals surface area contributed by atoms with Gasteiger partial charge in [-0.15, -0.1) is 0 Å². The molecular formula is C16H32AlCl3N4. The fraction of sp³-hybridized carbons (Fsp3) is 0.750. The molecule has 0 saturated heterocycles. The second-order valence-electron chi connectivity index (χ2n) is 5.72. The summed E-state index contributed by atoms with van der Waals surface area (Å²) in [5.74, 6) is 0. The summed E-state index contributed by atoms with van der Waals surface area (Å²) in [6, 6.07) is 0. The summed E-state index contributed by atoms with van der Waals surface area (Å²) in [6.45, 7) is 9.00. The molecule has 0 radical (unpaired) electrons. The molecule has 0 fully saturated rings. The van der Waals surface area contributed by atoms with Gasteiger partial charge in [0.2, 0.25) is 0 Å². The maximum Gasteiger partial charge on any atom is 3.00 e. The Hall–Kier alpha value is 0.0825. The summed E-state index contributed by atoms with van der Waals surface area (Å²) < 4.78 is 0. The molecular weight excluding hydrogens is 382 g/mol. The quantitative estimate of drug-likeness (QED) is 0.402.